The van der Waals surface area contributed by atoms with Crippen LogP contribution >= 0.6 is 0 Å². The minimum atomic E-state index is -0.583. The van der Waals surface area contributed by atoms with Crippen molar-refractivity contribution in [3.63, 3.8) is 0 Å². The van der Waals surface area contributed by atoms with Crippen LogP contribution in [0.15, 0.2) is 65.8 Å². The number of nitro benzene ring substituents is 1. The highest BCUT2D eigenvalue weighted by atomic mass is 16.6. The Bertz CT molecular complexity index is 999. The van der Waals surface area contributed by atoms with Crippen molar-refractivity contribution in [3.05, 3.63) is 81.9 Å². The third-order valence-electron chi connectivity index (χ3n) is 3.62. The number of carbonyl (C=O) groups excluding carboxylic acids is 1. The van der Waals surface area contributed by atoms with Crippen LogP contribution < -0.4 is 5.43 Å². The van der Waals surface area contributed by atoms with Gasteiger partial charge in [0.15, 0.2) is 0 Å². The second kappa shape index (κ2) is 6.79. The Kier molecular flexibility index (Phi) is 4.38. The van der Waals surface area contributed by atoms with Gasteiger partial charge in [0.2, 0.25) is 0 Å². The number of amides is 1. The summed E-state index contributed by atoms with van der Waals surface area (Å²) in [6.07, 6.45) is 1.32. The number of nitrogens with zero attached hydrogens (tertiary/aromatic N) is 2. The molecule has 7 nitrogen and oxygen atoms in total. The van der Waals surface area contributed by atoms with Gasteiger partial charge in [-0.15, -0.1) is 0 Å². The number of nitrogens with one attached hydrogen (secondary N) is 1. The van der Waals surface area contributed by atoms with Crippen molar-refractivity contribution < 1.29 is 14.8 Å². The van der Waals surface area contributed by atoms with Crippen molar-refractivity contribution in [3.8, 4) is 5.75 Å². The quantitative estimate of drug-likeness (QED) is 0.434. The third kappa shape index (κ3) is 3.45. The number of non-ortho nitro benzene ring substituents is 1. The predicted molar refractivity (Wildman–Crippen MR) is 93.8 cm³/mol. The minimum Gasteiger partial charge on any atom is -0.507 e. The summed E-state index contributed by atoms with van der Waals surface area (Å²) in [5.41, 5.74) is 2.67. The van der Waals surface area contributed by atoms with Crippen LogP contribution in [-0.2, 0) is 0 Å². The highest BCUT2D eigenvalue weighted by Gasteiger charge is 2.11. The van der Waals surface area contributed by atoms with Crippen molar-refractivity contribution >= 4 is 28.6 Å². The number of hydrogen-bond donors (Lipinski definition) is 2. The Hall–Kier alpha value is -3.74. The van der Waals surface area contributed by atoms with E-state index in [0.717, 1.165) is 5.39 Å². The number of benzene rings is 3. The van der Waals surface area contributed by atoms with Crippen LogP contribution in [0.2, 0.25) is 0 Å². The fraction of sp³-hybridized carbons (Fsp3) is 0. The Labute approximate surface area is 142 Å². The molecule has 124 valence electrons. The number of fused-ring (bicyclic) bond motifs is 1. The van der Waals surface area contributed by atoms with E-state index in [9.17, 15) is 20.0 Å². The number of hydrogen-bond acceptors (Lipinski definition) is 5. The molecule has 7 heteroatoms. The summed E-state index contributed by atoms with van der Waals surface area (Å²) in [7, 11) is 0. The number of phenols is 1. The molecule has 0 radical (unpaired) electrons. The fourth-order valence-corrected chi connectivity index (χ4v) is 2.36. The molecule has 0 aliphatic rings. The normalized spacial score (nSPS) is 10.9. The topological polar surface area (TPSA) is 105 Å². The Morgan fingerprint density at radius 3 is 2.72 bits per heavy atom. The molecule has 0 aliphatic carbocycles. The van der Waals surface area contributed by atoms with Crippen LogP contribution in [-0.4, -0.2) is 22.2 Å². The van der Waals surface area contributed by atoms with E-state index in [4.69, 9.17) is 0 Å². The molecule has 0 aliphatic heterocycles. The van der Waals surface area contributed by atoms with Crippen LogP contribution in [0.3, 0.4) is 0 Å². The van der Waals surface area contributed by atoms with Crippen molar-refractivity contribution in [2.45, 2.75) is 0 Å². The summed E-state index contributed by atoms with van der Waals surface area (Å²) in [6.45, 7) is 0. The van der Waals surface area contributed by atoms with Gasteiger partial charge in [0.05, 0.1) is 11.1 Å². The van der Waals surface area contributed by atoms with E-state index in [1.165, 1.54) is 30.5 Å². The molecule has 0 unspecified atom stereocenters. The van der Waals surface area contributed by atoms with Gasteiger partial charge in [0, 0.05) is 28.6 Å². The molecule has 0 aromatic heterocycles. The molecular formula is C18H13N3O4. The molecule has 25 heavy (non-hydrogen) atoms. The molecular weight excluding hydrogens is 322 g/mol. The average Bonchev–Trinajstić information content (AvgIpc) is 2.64. The van der Waals surface area contributed by atoms with Crippen LogP contribution in [0.5, 0.6) is 5.75 Å². The van der Waals surface area contributed by atoms with Crippen molar-refractivity contribution in [1.82, 2.24) is 5.43 Å². The molecule has 3 aromatic rings. The highest BCUT2D eigenvalue weighted by Crippen LogP contribution is 2.27. The summed E-state index contributed by atoms with van der Waals surface area (Å²) in [5.74, 6) is -0.522. The van der Waals surface area contributed by atoms with Gasteiger partial charge < -0.3 is 5.11 Å². The van der Waals surface area contributed by atoms with Gasteiger partial charge in [0.25, 0.3) is 11.6 Å². The van der Waals surface area contributed by atoms with Gasteiger partial charge in [-0.2, -0.15) is 5.10 Å². The van der Waals surface area contributed by atoms with E-state index in [2.05, 4.69) is 10.5 Å². The summed E-state index contributed by atoms with van der Waals surface area (Å²) >= 11 is 0. The molecule has 2 N–H and O–H groups in total. The summed E-state index contributed by atoms with van der Waals surface area (Å²) < 4.78 is 0. The second-order valence-corrected chi connectivity index (χ2v) is 5.23. The molecule has 0 saturated heterocycles. The number of phenolic OH excluding ortho intramolecular Hbond substituents is 1. The largest absolute Gasteiger partial charge is 0.507 e. The van der Waals surface area contributed by atoms with Gasteiger partial charge in [-0.1, -0.05) is 36.4 Å². The SMILES string of the molecule is O=C(N/N=C\c1ccc2ccccc2c1O)c1cccc([N+](=O)[O-])c1. The number of aromatic hydroxyl groups is 1. The number of hydrazone groups is 1. The van der Waals surface area contributed by atoms with E-state index in [1.54, 1.807) is 12.1 Å². The van der Waals surface area contributed by atoms with E-state index < -0.39 is 10.8 Å². The first-order valence-corrected chi connectivity index (χ1v) is 7.35. The molecule has 3 aromatic carbocycles. The number of rotatable bonds is 4. The van der Waals surface area contributed by atoms with Crippen LogP contribution in [0, 0.1) is 10.1 Å². The maximum atomic E-state index is 12.0. The minimum absolute atomic E-state index is 0.0615. The highest BCUT2D eigenvalue weighted by molar-refractivity contribution is 5.98. The lowest BCUT2D eigenvalue weighted by atomic mass is 10.1. The van der Waals surface area contributed by atoms with Gasteiger partial charge in [-0.3, -0.25) is 14.9 Å². The van der Waals surface area contributed by atoms with E-state index in [0.29, 0.717) is 10.9 Å². The zero-order chi connectivity index (χ0) is 17.8. The summed E-state index contributed by atoms with van der Waals surface area (Å²) in [5, 5.41) is 26.4. The van der Waals surface area contributed by atoms with E-state index >= 15 is 0 Å². The van der Waals surface area contributed by atoms with Crippen LogP contribution in [0.25, 0.3) is 10.8 Å². The fourth-order valence-electron chi connectivity index (χ4n) is 2.36. The first-order chi connectivity index (χ1) is 12.1. The first kappa shape index (κ1) is 16.1. The molecule has 0 atom stereocenters. The van der Waals surface area contributed by atoms with Crippen molar-refractivity contribution in [2.75, 3.05) is 0 Å². The lowest BCUT2D eigenvalue weighted by Gasteiger charge is -2.04. The Balaban J connectivity index is 1.77. The van der Waals surface area contributed by atoms with Gasteiger partial charge in [-0.05, 0) is 17.5 Å². The molecule has 3 rings (SSSR count). The van der Waals surface area contributed by atoms with Crippen LogP contribution in [0.1, 0.15) is 15.9 Å². The summed E-state index contributed by atoms with van der Waals surface area (Å²) in [6, 6.07) is 16.2. The Morgan fingerprint density at radius 1 is 1.12 bits per heavy atom. The molecule has 1 amide bonds. The van der Waals surface area contributed by atoms with Gasteiger partial charge >= 0.3 is 0 Å². The molecule has 0 saturated carbocycles. The van der Waals surface area contributed by atoms with Gasteiger partial charge in [0.1, 0.15) is 5.75 Å². The van der Waals surface area contributed by atoms with Gasteiger partial charge in [-0.25, -0.2) is 5.43 Å². The van der Waals surface area contributed by atoms with Crippen LogP contribution in [0.4, 0.5) is 5.69 Å². The summed E-state index contributed by atoms with van der Waals surface area (Å²) in [4.78, 5) is 22.2. The maximum Gasteiger partial charge on any atom is 0.271 e. The lowest BCUT2D eigenvalue weighted by molar-refractivity contribution is -0.384. The molecule has 0 spiro atoms. The second-order valence-electron chi connectivity index (χ2n) is 5.23. The van der Waals surface area contributed by atoms with Crippen molar-refractivity contribution in [2.24, 2.45) is 5.10 Å². The van der Waals surface area contributed by atoms with E-state index in [1.807, 2.05) is 24.3 Å². The number of nitro groups is 1. The predicted octanol–water partition coefficient (Wildman–Crippen LogP) is 3.22. The zero-order valence-corrected chi connectivity index (χ0v) is 12.9. The third-order valence-corrected chi connectivity index (χ3v) is 3.62. The molecule has 0 heterocycles. The van der Waals surface area contributed by atoms with Crippen molar-refractivity contribution in [1.29, 1.82) is 0 Å². The van der Waals surface area contributed by atoms with E-state index in [-0.39, 0.29) is 17.0 Å². The zero-order valence-electron chi connectivity index (χ0n) is 12.9. The smallest absolute Gasteiger partial charge is 0.271 e. The first-order valence-electron chi connectivity index (χ1n) is 7.35. The average molecular weight is 335 g/mol. The molecule has 0 bridgehead atoms. The maximum absolute atomic E-state index is 12.0. The lowest BCUT2D eigenvalue weighted by Crippen LogP contribution is -2.17. The number of carbonyl (C=O) groups is 1. The Morgan fingerprint density at radius 2 is 1.92 bits per heavy atom. The monoisotopic (exact) mass is 335 g/mol. The standard InChI is InChI=1S/C18H13N3O4/c22-17-14(9-8-12-4-1-2-7-16(12)17)11-19-20-18(23)13-5-3-6-15(10-13)21(24)25/h1-11,22H,(H,20,23)/b19-11-. The molecule has 0 fully saturated rings.